The normalized spacial score (nSPS) is 14.2. The third kappa shape index (κ3) is 9.17. The van der Waals surface area contributed by atoms with Crippen LogP contribution < -0.4 is 10.2 Å². The number of hydrogen-bond donors (Lipinski definition) is 2. The highest BCUT2D eigenvalue weighted by Crippen LogP contribution is 2.26. The SMILES string of the molecule is CCCC(=O)N(C=O)OC(=O)CCCOc1ccc2c(c1)CCC/C2=N\NC(=O)CC(C)(C)S. The Kier molecular flexibility index (Phi) is 10.6. The molecule has 0 fully saturated rings. The van der Waals surface area contributed by atoms with Crippen LogP contribution in [-0.4, -0.2) is 46.3 Å². The lowest BCUT2D eigenvalue weighted by atomic mass is 9.90. The molecule has 1 aromatic carbocycles. The van der Waals surface area contributed by atoms with E-state index in [4.69, 9.17) is 9.57 Å². The molecular formula is C24H33N3O6S. The molecule has 0 aliphatic heterocycles. The first-order valence-electron chi connectivity index (χ1n) is 11.4. The monoisotopic (exact) mass is 491 g/mol. The van der Waals surface area contributed by atoms with E-state index in [0.29, 0.717) is 23.7 Å². The second kappa shape index (κ2) is 13.1. The van der Waals surface area contributed by atoms with Crippen LogP contribution in [0.2, 0.25) is 0 Å². The van der Waals surface area contributed by atoms with Crippen LogP contribution in [0.25, 0.3) is 0 Å². The number of imide groups is 1. The third-order valence-corrected chi connectivity index (χ3v) is 5.11. The van der Waals surface area contributed by atoms with Crippen LogP contribution in [0.5, 0.6) is 5.75 Å². The average Bonchev–Trinajstić information content (AvgIpc) is 2.77. The summed E-state index contributed by atoms with van der Waals surface area (Å²) in [5.41, 5.74) is 5.53. The van der Waals surface area contributed by atoms with Gasteiger partial charge in [-0.25, -0.2) is 10.2 Å². The summed E-state index contributed by atoms with van der Waals surface area (Å²) in [6, 6.07) is 5.69. The summed E-state index contributed by atoms with van der Waals surface area (Å²) in [6.07, 6.45) is 4.08. The van der Waals surface area contributed by atoms with Crippen LogP contribution in [0, 0.1) is 0 Å². The van der Waals surface area contributed by atoms with E-state index >= 15 is 0 Å². The fourth-order valence-corrected chi connectivity index (χ4v) is 3.57. The molecule has 0 spiro atoms. The second-order valence-corrected chi connectivity index (χ2v) is 9.96. The molecule has 0 bridgehead atoms. The van der Waals surface area contributed by atoms with Crippen LogP contribution in [0.15, 0.2) is 23.3 Å². The van der Waals surface area contributed by atoms with E-state index in [1.165, 1.54) is 0 Å². The number of hydrogen-bond acceptors (Lipinski definition) is 8. The number of nitrogens with one attached hydrogen (secondary N) is 1. The molecule has 0 heterocycles. The summed E-state index contributed by atoms with van der Waals surface area (Å²) in [6.45, 7) is 5.81. The lowest BCUT2D eigenvalue weighted by Crippen LogP contribution is -2.32. The number of benzene rings is 1. The maximum Gasteiger partial charge on any atom is 0.333 e. The number of fused-ring (bicyclic) bond motifs is 1. The molecule has 1 aliphatic carbocycles. The molecule has 0 saturated heterocycles. The van der Waals surface area contributed by atoms with Crippen molar-refractivity contribution < 1.29 is 28.8 Å². The molecule has 0 unspecified atom stereocenters. The fourth-order valence-electron chi connectivity index (χ4n) is 3.42. The van der Waals surface area contributed by atoms with Crippen molar-refractivity contribution in [3.8, 4) is 5.75 Å². The summed E-state index contributed by atoms with van der Waals surface area (Å²) in [4.78, 5) is 51.3. The topological polar surface area (TPSA) is 114 Å². The maximum absolute atomic E-state index is 12.0. The number of aryl methyl sites for hydroxylation is 1. The Hall–Kier alpha value is -2.88. The van der Waals surface area contributed by atoms with E-state index in [-0.39, 0.29) is 38.2 Å². The molecule has 0 atom stereocenters. The second-order valence-electron chi connectivity index (χ2n) is 8.75. The maximum atomic E-state index is 12.0. The molecule has 2 rings (SSSR count). The number of rotatable bonds is 11. The van der Waals surface area contributed by atoms with Gasteiger partial charge in [0.15, 0.2) is 0 Å². The lowest BCUT2D eigenvalue weighted by molar-refractivity contribution is -0.196. The Bertz CT molecular complexity index is 926. The zero-order valence-electron chi connectivity index (χ0n) is 20.0. The van der Waals surface area contributed by atoms with Crippen LogP contribution in [0.1, 0.15) is 76.8 Å². The van der Waals surface area contributed by atoms with E-state index in [9.17, 15) is 19.2 Å². The molecule has 186 valence electrons. The van der Waals surface area contributed by atoms with Gasteiger partial charge in [-0.1, -0.05) is 20.8 Å². The smallest absolute Gasteiger partial charge is 0.333 e. The van der Waals surface area contributed by atoms with Gasteiger partial charge in [0.25, 0.3) is 12.3 Å². The Morgan fingerprint density at radius 3 is 2.68 bits per heavy atom. The van der Waals surface area contributed by atoms with Gasteiger partial charge in [0.1, 0.15) is 5.75 Å². The van der Waals surface area contributed by atoms with Gasteiger partial charge in [0.05, 0.1) is 18.7 Å². The van der Waals surface area contributed by atoms with Gasteiger partial charge < -0.3 is 9.57 Å². The lowest BCUT2D eigenvalue weighted by Gasteiger charge is -2.20. The summed E-state index contributed by atoms with van der Waals surface area (Å²) in [5, 5.41) is 4.77. The third-order valence-electron chi connectivity index (χ3n) is 4.96. The molecule has 1 aliphatic rings. The number of carbonyl (C=O) groups excluding carboxylic acids is 4. The highest BCUT2D eigenvalue weighted by atomic mass is 32.1. The van der Waals surface area contributed by atoms with Crippen LogP contribution >= 0.6 is 12.6 Å². The Morgan fingerprint density at radius 2 is 2.00 bits per heavy atom. The summed E-state index contributed by atoms with van der Waals surface area (Å²) in [7, 11) is 0. The highest BCUT2D eigenvalue weighted by Gasteiger charge is 2.20. The van der Waals surface area contributed by atoms with Gasteiger partial charge in [0.2, 0.25) is 5.91 Å². The molecule has 1 N–H and O–H groups in total. The number of carbonyl (C=O) groups is 4. The van der Waals surface area contributed by atoms with Gasteiger partial charge in [-0.05, 0) is 55.9 Å². The Balaban J connectivity index is 1.85. The van der Waals surface area contributed by atoms with E-state index in [1.807, 2.05) is 32.0 Å². The summed E-state index contributed by atoms with van der Waals surface area (Å²) >= 11 is 4.37. The van der Waals surface area contributed by atoms with Crippen molar-refractivity contribution in [2.45, 2.75) is 76.9 Å². The standard InChI is InChI=1S/C24H33N3O6S/c1-4-7-22(30)27(16-28)33-23(31)10-6-13-32-18-11-12-19-17(14-18)8-5-9-20(19)25-26-21(29)15-24(2,3)34/h11-12,14,16,34H,4-10,13,15H2,1-3H3,(H,26,29)/b25-20+. The fraction of sp³-hybridized carbons (Fsp3) is 0.542. The number of nitrogens with zero attached hydrogens (tertiary/aromatic N) is 2. The number of hydroxylamine groups is 2. The van der Waals surface area contributed by atoms with Gasteiger partial charge in [-0.2, -0.15) is 17.7 Å². The zero-order chi connectivity index (χ0) is 25.1. The van der Waals surface area contributed by atoms with Gasteiger partial charge in [-0.15, -0.1) is 5.06 Å². The number of amides is 3. The van der Waals surface area contributed by atoms with Crippen molar-refractivity contribution >= 4 is 42.5 Å². The van der Waals surface area contributed by atoms with Crippen molar-refractivity contribution in [3.63, 3.8) is 0 Å². The van der Waals surface area contributed by atoms with Crippen molar-refractivity contribution in [2.75, 3.05) is 6.61 Å². The molecule has 34 heavy (non-hydrogen) atoms. The summed E-state index contributed by atoms with van der Waals surface area (Å²) in [5.74, 6) is -0.732. The first-order chi connectivity index (χ1) is 16.1. The molecular weight excluding hydrogens is 458 g/mol. The molecule has 3 amide bonds. The number of thiol groups is 1. The quantitative estimate of drug-likeness (QED) is 0.212. The first kappa shape index (κ1) is 27.4. The summed E-state index contributed by atoms with van der Waals surface area (Å²) < 4.78 is 5.35. The minimum Gasteiger partial charge on any atom is -0.494 e. The molecule has 1 aromatic rings. The predicted octanol–water partition coefficient (Wildman–Crippen LogP) is 3.34. The average molecular weight is 492 g/mol. The molecule has 0 saturated carbocycles. The number of ether oxygens (including phenoxy) is 1. The zero-order valence-corrected chi connectivity index (χ0v) is 20.9. The van der Waals surface area contributed by atoms with Crippen molar-refractivity contribution in [1.82, 2.24) is 10.5 Å². The van der Waals surface area contributed by atoms with Gasteiger partial charge in [0, 0.05) is 23.2 Å². The van der Waals surface area contributed by atoms with E-state index in [1.54, 1.807) is 6.92 Å². The van der Waals surface area contributed by atoms with E-state index in [0.717, 1.165) is 36.1 Å². The minimum atomic E-state index is -0.671. The molecule has 0 radical (unpaired) electrons. The van der Waals surface area contributed by atoms with Crippen LogP contribution in [-0.2, 0) is 30.4 Å². The Morgan fingerprint density at radius 1 is 1.24 bits per heavy atom. The Labute approximate surface area is 205 Å². The van der Waals surface area contributed by atoms with E-state index in [2.05, 4.69) is 23.2 Å². The molecule has 10 heteroatoms. The van der Waals surface area contributed by atoms with Crippen LogP contribution in [0.3, 0.4) is 0 Å². The molecule has 0 aromatic heterocycles. The van der Waals surface area contributed by atoms with E-state index < -0.39 is 16.6 Å². The predicted molar refractivity (Wildman–Crippen MR) is 130 cm³/mol. The minimum absolute atomic E-state index is 0.00821. The largest absolute Gasteiger partial charge is 0.494 e. The van der Waals surface area contributed by atoms with Crippen molar-refractivity contribution in [2.24, 2.45) is 5.10 Å². The van der Waals surface area contributed by atoms with Crippen LogP contribution in [0.4, 0.5) is 0 Å². The number of hydrazone groups is 1. The first-order valence-corrected chi connectivity index (χ1v) is 11.9. The highest BCUT2D eigenvalue weighted by molar-refractivity contribution is 7.81. The van der Waals surface area contributed by atoms with Crippen molar-refractivity contribution in [3.05, 3.63) is 29.3 Å². The molecule has 9 nitrogen and oxygen atoms in total. The van der Waals surface area contributed by atoms with Gasteiger partial charge in [-0.3, -0.25) is 14.4 Å². The van der Waals surface area contributed by atoms with Gasteiger partial charge >= 0.3 is 5.97 Å². The van der Waals surface area contributed by atoms with Crippen molar-refractivity contribution in [1.29, 1.82) is 0 Å².